The summed E-state index contributed by atoms with van der Waals surface area (Å²) in [5.74, 6) is -1.09. The van der Waals surface area contributed by atoms with E-state index >= 15 is 0 Å². The molecule has 128 valence electrons. The first-order valence-corrected chi connectivity index (χ1v) is 9.51. The second kappa shape index (κ2) is 6.52. The van der Waals surface area contributed by atoms with Gasteiger partial charge in [0.05, 0.1) is 35.2 Å². The van der Waals surface area contributed by atoms with Gasteiger partial charge in [0.25, 0.3) is 0 Å². The van der Waals surface area contributed by atoms with E-state index in [1.165, 1.54) is 23.0 Å². The SMILES string of the molecule is O=C(Nc1ccnn1Cc1ccc(Cl)c(F)c1)[C@H]1CCS(=O)(=O)C1. The molecule has 1 aromatic heterocycles. The summed E-state index contributed by atoms with van der Waals surface area (Å²) in [5, 5.41) is 6.83. The van der Waals surface area contributed by atoms with Crippen LogP contribution in [0, 0.1) is 11.7 Å². The fourth-order valence-corrected chi connectivity index (χ4v) is 4.46. The molecule has 1 aliphatic heterocycles. The molecule has 24 heavy (non-hydrogen) atoms. The van der Waals surface area contributed by atoms with Crippen molar-refractivity contribution in [2.75, 3.05) is 16.8 Å². The van der Waals surface area contributed by atoms with Crippen molar-refractivity contribution in [1.29, 1.82) is 0 Å². The predicted octanol–water partition coefficient (Wildman–Crippen LogP) is 2.10. The van der Waals surface area contributed by atoms with Gasteiger partial charge in [0.15, 0.2) is 9.84 Å². The number of carbonyl (C=O) groups is 1. The second-order valence-corrected chi connectivity index (χ2v) is 8.35. The number of carbonyl (C=O) groups excluding carboxylic acids is 1. The largest absolute Gasteiger partial charge is 0.311 e. The van der Waals surface area contributed by atoms with Gasteiger partial charge in [-0.3, -0.25) is 4.79 Å². The number of amides is 1. The lowest BCUT2D eigenvalue weighted by atomic mass is 10.1. The zero-order valence-corrected chi connectivity index (χ0v) is 14.1. The van der Waals surface area contributed by atoms with Crippen molar-refractivity contribution in [3.8, 4) is 0 Å². The molecule has 6 nitrogen and oxygen atoms in total. The Balaban J connectivity index is 1.71. The molecule has 2 aromatic rings. The quantitative estimate of drug-likeness (QED) is 0.892. The number of hydrogen-bond acceptors (Lipinski definition) is 4. The topological polar surface area (TPSA) is 81.1 Å². The molecule has 1 saturated heterocycles. The van der Waals surface area contributed by atoms with Crippen LogP contribution >= 0.6 is 11.6 Å². The van der Waals surface area contributed by atoms with E-state index in [-0.39, 0.29) is 29.0 Å². The maximum Gasteiger partial charge on any atom is 0.229 e. The Morgan fingerprint density at radius 2 is 2.21 bits per heavy atom. The summed E-state index contributed by atoms with van der Waals surface area (Å²) >= 11 is 5.65. The number of hydrogen-bond donors (Lipinski definition) is 1. The van der Waals surface area contributed by atoms with E-state index in [0.717, 1.165) is 0 Å². The Hall–Kier alpha value is -1.93. The summed E-state index contributed by atoms with van der Waals surface area (Å²) in [6, 6.07) is 6.03. The molecule has 1 aromatic carbocycles. The van der Waals surface area contributed by atoms with Crippen LogP contribution in [-0.4, -0.2) is 35.6 Å². The summed E-state index contributed by atoms with van der Waals surface area (Å²) in [7, 11) is -3.12. The molecule has 3 rings (SSSR count). The van der Waals surface area contributed by atoms with E-state index in [2.05, 4.69) is 10.4 Å². The van der Waals surface area contributed by atoms with Gasteiger partial charge in [-0.25, -0.2) is 17.5 Å². The molecule has 1 N–H and O–H groups in total. The van der Waals surface area contributed by atoms with Crippen molar-refractivity contribution in [2.24, 2.45) is 5.92 Å². The van der Waals surface area contributed by atoms with Gasteiger partial charge in [0.2, 0.25) is 5.91 Å². The third-order valence-corrected chi connectivity index (χ3v) is 5.96. The maximum atomic E-state index is 13.5. The lowest BCUT2D eigenvalue weighted by molar-refractivity contribution is -0.119. The first kappa shape index (κ1) is 16.9. The molecule has 1 fully saturated rings. The first-order valence-electron chi connectivity index (χ1n) is 7.31. The molecular formula is C15H15ClFN3O3S. The molecule has 2 heterocycles. The highest BCUT2D eigenvalue weighted by Crippen LogP contribution is 2.21. The average Bonchev–Trinajstić information content (AvgIpc) is 3.09. The zero-order chi connectivity index (χ0) is 17.3. The Morgan fingerprint density at radius 1 is 1.42 bits per heavy atom. The number of aromatic nitrogens is 2. The normalized spacial score (nSPS) is 19.3. The van der Waals surface area contributed by atoms with Crippen molar-refractivity contribution < 1.29 is 17.6 Å². The summed E-state index contributed by atoms with van der Waals surface area (Å²) in [6.07, 6.45) is 1.83. The molecule has 9 heteroatoms. The van der Waals surface area contributed by atoms with Gasteiger partial charge >= 0.3 is 0 Å². The maximum absolute atomic E-state index is 13.5. The number of sulfone groups is 1. The number of halogens is 2. The van der Waals surface area contributed by atoms with Crippen molar-refractivity contribution >= 4 is 33.2 Å². The molecule has 0 spiro atoms. The van der Waals surface area contributed by atoms with Crippen LogP contribution in [0.25, 0.3) is 0 Å². The molecule has 1 amide bonds. The van der Waals surface area contributed by atoms with Crippen molar-refractivity contribution in [2.45, 2.75) is 13.0 Å². The van der Waals surface area contributed by atoms with Crippen molar-refractivity contribution in [3.05, 3.63) is 46.9 Å². The number of nitrogens with one attached hydrogen (secondary N) is 1. The minimum atomic E-state index is -3.12. The van der Waals surface area contributed by atoms with Gasteiger partial charge in [0.1, 0.15) is 11.6 Å². The van der Waals surface area contributed by atoms with E-state index in [4.69, 9.17) is 11.6 Å². The number of nitrogens with zero attached hydrogens (tertiary/aromatic N) is 2. The molecule has 0 aliphatic carbocycles. The van der Waals surface area contributed by atoms with Gasteiger partial charge in [-0.1, -0.05) is 17.7 Å². The van der Waals surface area contributed by atoms with Crippen LogP contribution < -0.4 is 5.32 Å². The van der Waals surface area contributed by atoms with Crippen LogP contribution in [0.5, 0.6) is 0 Å². The lowest BCUT2D eigenvalue weighted by Crippen LogP contribution is -2.25. The molecular weight excluding hydrogens is 357 g/mol. The van der Waals surface area contributed by atoms with Crippen LogP contribution in [0.3, 0.4) is 0 Å². The fraction of sp³-hybridized carbons (Fsp3) is 0.333. The third kappa shape index (κ3) is 3.76. The highest BCUT2D eigenvalue weighted by atomic mass is 35.5. The van der Waals surface area contributed by atoms with Crippen LogP contribution in [0.1, 0.15) is 12.0 Å². The van der Waals surface area contributed by atoms with Crippen LogP contribution in [0.2, 0.25) is 5.02 Å². The van der Waals surface area contributed by atoms with Gasteiger partial charge in [0, 0.05) is 6.07 Å². The molecule has 1 aliphatic rings. The Bertz CT molecular complexity index is 882. The molecule has 1 atom stereocenters. The lowest BCUT2D eigenvalue weighted by Gasteiger charge is -2.12. The summed E-state index contributed by atoms with van der Waals surface area (Å²) < 4.78 is 38.0. The minimum Gasteiger partial charge on any atom is -0.311 e. The third-order valence-electron chi connectivity index (χ3n) is 3.89. The first-order chi connectivity index (χ1) is 11.3. The Kier molecular flexibility index (Phi) is 4.60. The van der Waals surface area contributed by atoms with Crippen LogP contribution in [0.15, 0.2) is 30.5 Å². The van der Waals surface area contributed by atoms with Crippen LogP contribution in [-0.2, 0) is 21.2 Å². The Labute approximate surface area is 143 Å². The van der Waals surface area contributed by atoms with Crippen molar-refractivity contribution in [3.63, 3.8) is 0 Å². The summed E-state index contributed by atoms with van der Waals surface area (Å²) in [4.78, 5) is 12.2. The second-order valence-electron chi connectivity index (χ2n) is 5.71. The summed E-state index contributed by atoms with van der Waals surface area (Å²) in [5.41, 5.74) is 0.638. The van der Waals surface area contributed by atoms with Gasteiger partial charge in [-0.05, 0) is 24.1 Å². The Morgan fingerprint density at radius 3 is 2.88 bits per heavy atom. The van der Waals surface area contributed by atoms with E-state index in [0.29, 0.717) is 17.8 Å². The fourth-order valence-electron chi connectivity index (χ4n) is 2.61. The van der Waals surface area contributed by atoms with Gasteiger partial charge < -0.3 is 5.32 Å². The number of anilines is 1. The van der Waals surface area contributed by atoms with E-state index in [1.807, 2.05) is 0 Å². The highest BCUT2D eigenvalue weighted by Gasteiger charge is 2.33. The molecule has 0 saturated carbocycles. The number of rotatable bonds is 4. The molecule has 0 bridgehead atoms. The smallest absolute Gasteiger partial charge is 0.229 e. The van der Waals surface area contributed by atoms with Gasteiger partial charge in [-0.15, -0.1) is 0 Å². The molecule has 0 unspecified atom stereocenters. The van der Waals surface area contributed by atoms with Crippen molar-refractivity contribution in [1.82, 2.24) is 9.78 Å². The van der Waals surface area contributed by atoms with E-state index < -0.39 is 21.6 Å². The molecule has 0 radical (unpaired) electrons. The van der Waals surface area contributed by atoms with E-state index in [1.54, 1.807) is 12.1 Å². The standard InChI is InChI=1S/C15H15ClFN3O3S/c16-12-2-1-10(7-13(12)17)8-20-14(3-5-18-20)19-15(21)11-4-6-24(22,23)9-11/h1-3,5,7,11H,4,6,8-9H2,(H,19,21)/t11-/m0/s1. The summed E-state index contributed by atoms with van der Waals surface area (Å²) in [6.45, 7) is 0.250. The van der Waals surface area contributed by atoms with Gasteiger partial charge in [-0.2, -0.15) is 5.10 Å². The highest BCUT2D eigenvalue weighted by molar-refractivity contribution is 7.91. The monoisotopic (exact) mass is 371 g/mol. The predicted molar refractivity (Wildman–Crippen MR) is 88.1 cm³/mol. The average molecular weight is 372 g/mol. The zero-order valence-electron chi connectivity index (χ0n) is 12.6. The number of benzene rings is 1. The minimum absolute atomic E-state index is 0.0361. The van der Waals surface area contributed by atoms with E-state index in [9.17, 15) is 17.6 Å². The van der Waals surface area contributed by atoms with Crippen LogP contribution in [0.4, 0.5) is 10.2 Å².